The van der Waals surface area contributed by atoms with Crippen molar-refractivity contribution in [3.8, 4) is 0 Å². The summed E-state index contributed by atoms with van der Waals surface area (Å²) in [4.78, 5) is 3.97. The highest BCUT2D eigenvalue weighted by Crippen LogP contribution is 2.35. The summed E-state index contributed by atoms with van der Waals surface area (Å²) in [5.74, 6) is 0.676. The summed E-state index contributed by atoms with van der Waals surface area (Å²) < 4.78 is 1.22. The van der Waals surface area contributed by atoms with Gasteiger partial charge >= 0.3 is 0 Å². The van der Waals surface area contributed by atoms with Crippen molar-refractivity contribution in [3.05, 3.63) is 20.8 Å². The van der Waals surface area contributed by atoms with Crippen LogP contribution < -0.4 is 5.73 Å². The third-order valence-electron chi connectivity index (χ3n) is 4.31. The van der Waals surface area contributed by atoms with Crippen LogP contribution in [0.25, 0.3) is 0 Å². The van der Waals surface area contributed by atoms with Crippen molar-refractivity contribution in [2.45, 2.75) is 44.7 Å². The minimum Gasteiger partial charge on any atom is -0.330 e. The van der Waals surface area contributed by atoms with Gasteiger partial charge in [-0.3, -0.25) is 4.90 Å². The van der Waals surface area contributed by atoms with Gasteiger partial charge in [0, 0.05) is 17.0 Å². The Kier molecular flexibility index (Phi) is 5.24. The Labute approximate surface area is 123 Å². The molecule has 18 heavy (non-hydrogen) atoms. The van der Waals surface area contributed by atoms with E-state index in [-0.39, 0.29) is 0 Å². The summed E-state index contributed by atoms with van der Waals surface area (Å²) in [5.41, 5.74) is 5.94. The second-order valence-corrected chi connectivity index (χ2v) is 7.83. The average Bonchev–Trinajstić information content (AvgIpc) is 2.83. The number of halogens is 1. The van der Waals surface area contributed by atoms with E-state index in [1.807, 2.05) is 11.3 Å². The molecule has 1 heterocycles. The molecule has 1 aromatic rings. The normalized spacial score (nSPS) is 26.5. The fourth-order valence-corrected chi connectivity index (χ4v) is 4.57. The van der Waals surface area contributed by atoms with Gasteiger partial charge in [0.25, 0.3) is 0 Å². The highest BCUT2D eigenvalue weighted by atomic mass is 79.9. The smallest absolute Gasteiger partial charge is 0.0701 e. The van der Waals surface area contributed by atoms with Crippen LogP contribution in [-0.4, -0.2) is 24.5 Å². The molecule has 3 unspecified atom stereocenters. The van der Waals surface area contributed by atoms with Gasteiger partial charge in [-0.15, -0.1) is 11.3 Å². The number of rotatable bonds is 4. The molecule has 0 aromatic carbocycles. The first-order chi connectivity index (χ1) is 8.63. The monoisotopic (exact) mass is 330 g/mol. The Morgan fingerprint density at radius 1 is 1.44 bits per heavy atom. The zero-order valence-corrected chi connectivity index (χ0v) is 13.6. The molecule has 1 fully saturated rings. The molecule has 2 N–H and O–H groups in total. The lowest BCUT2D eigenvalue weighted by atomic mass is 9.83. The van der Waals surface area contributed by atoms with Crippen molar-refractivity contribution in [2.75, 3.05) is 13.6 Å². The molecule has 1 aromatic heterocycles. The SMILES string of the molecule is CC(c1ccc(Br)s1)N(C)C1CCCCC1CN. The number of hydrogen-bond acceptors (Lipinski definition) is 3. The van der Waals surface area contributed by atoms with Crippen LogP contribution in [-0.2, 0) is 0 Å². The van der Waals surface area contributed by atoms with Crippen LogP contribution in [0, 0.1) is 5.92 Å². The first kappa shape index (κ1) is 14.5. The lowest BCUT2D eigenvalue weighted by molar-refractivity contribution is 0.100. The summed E-state index contributed by atoms with van der Waals surface area (Å²) in [6, 6.07) is 5.51. The molecule has 4 heteroatoms. The van der Waals surface area contributed by atoms with E-state index in [9.17, 15) is 0 Å². The van der Waals surface area contributed by atoms with Crippen molar-refractivity contribution in [1.82, 2.24) is 4.90 Å². The fourth-order valence-electron chi connectivity index (χ4n) is 3.04. The van der Waals surface area contributed by atoms with Gasteiger partial charge < -0.3 is 5.73 Å². The van der Waals surface area contributed by atoms with E-state index in [0.717, 1.165) is 6.54 Å². The molecule has 1 aliphatic carbocycles. The van der Waals surface area contributed by atoms with E-state index < -0.39 is 0 Å². The molecule has 0 radical (unpaired) electrons. The summed E-state index contributed by atoms with van der Waals surface area (Å²) in [7, 11) is 2.26. The molecule has 0 amide bonds. The van der Waals surface area contributed by atoms with E-state index in [1.165, 1.54) is 34.3 Å². The molecule has 102 valence electrons. The molecule has 2 nitrogen and oxygen atoms in total. The van der Waals surface area contributed by atoms with Gasteiger partial charge in [-0.2, -0.15) is 0 Å². The number of thiophene rings is 1. The quantitative estimate of drug-likeness (QED) is 0.903. The number of nitrogens with two attached hydrogens (primary N) is 1. The van der Waals surface area contributed by atoms with Gasteiger partial charge in [-0.05, 0) is 67.3 Å². The first-order valence-electron chi connectivity index (χ1n) is 6.80. The topological polar surface area (TPSA) is 29.3 Å². The van der Waals surface area contributed by atoms with Crippen LogP contribution in [0.4, 0.5) is 0 Å². The number of hydrogen-bond donors (Lipinski definition) is 1. The Balaban J connectivity index is 2.07. The molecular weight excluding hydrogens is 308 g/mol. The Morgan fingerprint density at radius 2 is 2.17 bits per heavy atom. The third-order valence-corrected chi connectivity index (χ3v) is 6.11. The van der Waals surface area contributed by atoms with E-state index in [1.54, 1.807) is 0 Å². The van der Waals surface area contributed by atoms with Gasteiger partial charge in [0.1, 0.15) is 0 Å². The molecule has 0 aliphatic heterocycles. The second-order valence-electron chi connectivity index (χ2n) is 5.33. The van der Waals surface area contributed by atoms with Crippen molar-refractivity contribution >= 4 is 27.3 Å². The summed E-state index contributed by atoms with van der Waals surface area (Å²) >= 11 is 5.39. The highest BCUT2D eigenvalue weighted by molar-refractivity contribution is 9.11. The highest BCUT2D eigenvalue weighted by Gasteiger charge is 2.30. The van der Waals surface area contributed by atoms with Crippen molar-refractivity contribution in [3.63, 3.8) is 0 Å². The maximum Gasteiger partial charge on any atom is 0.0701 e. The van der Waals surface area contributed by atoms with Crippen LogP contribution >= 0.6 is 27.3 Å². The first-order valence-corrected chi connectivity index (χ1v) is 8.41. The Hall–Kier alpha value is 0.1000. The zero-order chi connectivity index (χ0) is 13.1. The van der Waals surface area contributed by atoms with Crippen LogP contribution in [0.15, 0.2) is 15.9 Å². The van der Waals surface area contributed by atoms with Crippen molar-refractivity contribution in [2.24, 2.45) is 11.7 Å². The standard InChI is InChI=1S/C14H23BrN2S/c1-10(13-7-8-14(15)18-13)17(2)12-6-4-3-5-11(12)9-16/h7-8,10-12H,3-6,9,16H2,1-2H3. The summed E-state index contributed by atoms with van der Waals surface area (Å²) in [6.45, 7) is 3.14. The van der Waals surface area contributed by atoms with Gasteiger partial charge in [-0.1, -0.05) is 12.8 Å². The maximum absolute atomic E-state index is 5.94. The Bertz CT molecular complexity index is 380. The van der Waals surface area contributed by atoms with Crippen LogP contribution in [0.3, 0.4) is 0 Å². The molecule has 3 atom stereocenters. The molecule has 1 aliphatic rings. The minimum absolute atomic E-state index is 0.485. The van der Waals surface area contributed by atoms with E-state index in [0.29, 0.717) is 18.0 Å². The van der Waals surface area contributed by atoms with Crippen LogP contribution in [0.1, 0.15) is 43.5 Å². The zero-order valence-electron chi connectivity index (χ0n) is 11.2. The largest absolute Gasteiger partial charge is 0.330 e. The van der Waals surface area contributed by atoms with Crippen molar-refractivity contribution < 1.29 is 0 Å². The second kappa shape index (κ2) is 6.51. The van der Waals surface area contributed by atoms with Gasteiger partial charge in [-0.25, -0.2) is 0 Å². The molecule has 1 saturated carbocycles. The predicted molar refractivity (Wildman–Crippen MR) is 83.0 cm³/mol. The lowest BCUT2D eigenvalue weighted by Crippen LogP contribution is -2.43. The van der Waals surface area contributed by atoms with Crippen LogP contribution in [0.2, 0.25) is 0 Å². The van der Waals surface area contributed by atoms with Crippen LogP contribution in [0.5, 0.6) is 0 Å². The lowest BCUT2D eigenvalue weighted by Gasteiger charge is -2.40. The fraction of sp³-hybridized carbons (Fsp3) is 0.714. The van der Waals surface area contributed by atoms with Crippen molar-refractivity contribution in [1.29, 1.82) is 0 Å². The van der Waals surface area contributed by atoms with Gasteiger partial charge in [0.05, 0.1) is 3.79 Å². The predicted octanol–water partition coefficient (Wildman–Crippen LogP) is 4.02. The molecule has 2 rings (SSSR count). The van der Waals surface area contributed by atoms with Gasteiger partial charge in [0.2, 0.25) is 0 Å². The molecule has 0 saturated heterocycles. The summed E-state index contributed by atoms with van der Waals surface area (Å²) in [6.07, 6.45) is 5.30. The minimum atomic E-state index is 0.485. The van der Waals surface area contributed by atoms with E-state index in [4.69, 9.17) is 5.73 Å². The number of nitrogens with zero attached hydrogens (tertiary/aromatic N) is 1. The Morgan fingerprint density at radius 3 is 2.78 bits per heavy atom. The molecular formula is C14H23BrN2S. The molecule has 0 spiro atoms. The molecule has 0 bridgehead atoms. The maximum atomic E-state index is 5.94. The van der Waals surface area contributed by atoms with E-state index in [2.05, 4.69) is 46.9 Å². The average molecular weight is 331 g/mol. The third kappa shape index (κ3) is 3.16. The van der Waals surface area contributed by atoms with Gasteiger partial charge in [0.15, 0.2) is 0 Å². The summed E-state index contributed by atoms with van der Waals surface area (Å²) in [5, 5.41) is 0. The van der Waals surface area contributed by atoms with E-state index >= 15 is 0 Å².